The van der Waals surface area contributed by atoms with Crippen LogP contribution in [0.5, 0.6) is 0 Å². The minimum atomic E-state index is -0.749. The van der Waals surface area contributed by atoms with Crippen molar-refractivity contribution in [3.05, 3.63) is 107 Å². The smallest absolute Gasteiger partial charge is 0.303 e. The lowest BCUT2D eigenvalue weighted by Crippen LogP contribution is -2.77. The van der Waals surface area contributed by atoms with Crippen LogP contribution in [0.2, 0.25) is 0 Å². The van der Waals surface area contributed by atoms with E-state index in [2.05, 4.69) is 127 Å². The van der Waals surface area contributed by atoms with E-state index in [-0.39, 0.29) is 93.0 Å². The van der Waals surface area contributed by atoms with Gasteiger partial charge in [0.05, 0.1) is 30.4 Å². The van der Waals surface area contributed by atoms with Crippen molar-refractivity contribution in [3.8, 4) is 0 Å². The molecule has 71 heavy (non-hydrogen) atoms. The lowest BCUT2D eigenvalue weighted by Gasteiger charge is -2.72. The average Bonchev–Trinajstić information content (AvgIpc) is 4.16. The summed E-state index contributed by atoms with van der Waals surface area (Å²) in [5.41, 5.74) is 11.1. The second-order valence-electron chi connectivity index (χ2n) is 26.6. The largest absolute Gasteiger partial charge is 0.481 e. The molecule has 4 N–H and O–H groups in total. The molecule has 2 aromatic rings. The number of piperidine rings is 2. The van der Waals surface area contributed by atoms with Crippen molar-refractivity contribution in [2.45, 2.75) is 164 Å². The van der Waals surface area contributed by atoms with Crippen molar-refractivity contribution in [1.82, 2.24) is 9.80 Å². The Hall–Kier alpha value is -3.73. The summed E-state index contributed by atoms with van der Waals surface area (Å²) in [7, 11) is 0. The summed E-state index contributed by atoms with van der Waals surface area (Å²) in [5, 5.41) is 48.0. The molecule has 9 heteroatoms. The van der Waals surface area contributed by atoms with Gasteiger partial charge in [0, 0.05) is 84.1 Å². The number of aliphatic hydroxyl groups excluding tert-OH is 3. The number of hydrogen-bond acceptors (Lipinski definition) is 8. The van der Waals surface area contributed by atoms with Gasteiger partial charge in [0.1, 0.15) is 0 Å². The third kappa shape index (κ3) is 5.07. The predicted molar refractivity (Wildman–Crippen MR) is 276 cm³/mol. The number of carbonyl (C=O) groups is 1. The summed E-state index contributed by atoms with van der Waals surface area (Å²) in [5.74, 6) is 0.900. The first kappa shape index (κ1) is 44.7. The maximum absolute atomic E-state index is 13.0. The number of rotatable bonds is 5. The molecule has 0 radical (unpaired) electrons. The summed E-state index contributed by atoms with van der Waals surface area (Å²) < 4.78 is 0. The molecule has 7 aliphatic heterocycles. The fourth-order valence-electron chi connectivity index (χ4n) is 22.8. The Morgan fingerprint density at radius 1 is 0.775 bits per heavy atom. The lowest BCUT2D eigenvalue weighted by molar-refractivity contribution is -0.245. The van der Waals surface area contributed by atoms with E-state index >= 15 is 0 Å². The number of aliphatic carboxylic acids is 1. The van der Waals surface area contributed by atoms with E-state index in [1.807, 2.05) is 0 Å². The van der Waals surface area contributed by atoms with E-state index in [9.17, 15) is 25.2 Å². The van der Waals surface area contributed by atoms with Gasteiger partial charge in [0.25, 0.3) is 0 Å². The number of anilines is 2. The molecule has 20 unspecified atom stereocenters. The van der Waals surface area contributed by atoms with E-state index < -0.39 is 24.3 Å². The van der Waals surface area contributed by atoms with E-state index in [0.717, 1.165) is 58.3 Å². The fourth-order valence-corrected chi connectivity index (χ4v) is 22.8. The molecule has 0 aromatic heterocycles. The molecule has 10 fully saturated rings. The molecule has 2 aromatic carbocycles. The van der Waals surface area contributed by atoms with E-state index in [1.165, 1.54) is 29.8 Å². The van der Waals surface area contributed by atoms with Crippen LogP contribution in [0.25, 0.3) is 0 Å². The van der Waals surface area contributed by atoms with Crippen molar-refractivity contribution >= 4 is 17.3 Å². The summed E-state index contributed by atoms with van der Waals surface area (Å²) in [6.07, 6.45) is 19.0. The highest BCUT2D eigenvalue weighted by molar-refractivity contribution is 5.78. The van der Waals surface area contributed by atoms with Crippen molar-refractivity contribution in [2.24, 2.45) is 64.1 Å². The molecule has 4 bridgehead atoms. The molecule has 4 saturated heterocycles. The van der Waals surface area contributed by atoms with Crippen LogP contribution in [0.3, 0.4) is 0 Å². The van der Waals surface area contributed by atoms with E-state index in [1.54, 1.807) is 27.9 Å². The highest BCUT2D eigenvalue weighted by atomic mass is 16.4. The monoisotopic (exact) mass is 959 g/mol. The molecular weight excluding hydrogens is 881 g/mol. The first-order chi connectivity index (χ1) is 34.3. The first-order valence-corrected chi connectivity index (χ1v) is 28.5. The van der Waals surface area contributed by atoms with Crippen molar-refractivity contribution in [1.29, 1.82) is 0 Å². The molecule has 376 valence electrons. The highest BCUT2D eigenvalue weighted by Gasteiger charge is 2.80. The molecule has 0 amide bonds. The van der Waals surface area contributed by atoms with Crippen LogP contribution in [-0.2, 0) is 15.6 Å². The van der Waals surface area contributed by atoms with Crippen LogP contribution in [0.1, 0.15) is 123 Å². The molecule has 15 rings (SSSR count). The standard InChI is InChI=1S/C62H78N4O5/c1-6-35-30-63-22-20-60-44-12-8-10-14-48(44)65-33-42-40-29-62(61(21-23-64(62)31-36(40)7-2)45-13-9-11-15-49(45)66(57(42)61)32-41(56(60)65)39(35)27-52(60)63)51-26-38(67)24-37-25-50(68)55-46-18-17-43(34(3)16-19-54(70)71)59(46,5)53(69)28-47(55)58(37,51)4/h6-15,32-34,37-40,43,46-47,50-53,55-57,67-69H,16-31H2,1-5H3,(H,70,71)/b35-6-,36-7+,41-32-,42-33-. The topological polar surface area (TPSA) is 111 Å². The Balaban J connectivity index is 0.933. The summed E-state index contributed by atoms with van der Waals surface area (Å²) in [6.45, 7) is 15.9. The number of hydrogen-bond donors (Lipinski definition) is 4. The van der Waals surface area contributed by atoms with Gasteiger partial charge in [-0.15, -0.1) is 0 Å². The molecule has 2 spiro atoms. The van der Waals surface area contributed by atoms with Gasteiger partial charge in [0.15, 0.2) is 0 Å². The Kier molecular flexibility index (Phi) is 9.30. The van der Waals surface area contributed by atoms with Gasteiger partial charge >= 0.3 is 5.97 Å². The number of benzene rings is 2. The molecule has 9 nitrogen and oxygen atoms in total. The maximum atomic E-state index is 13.0. The number of carboxylic acid groups (broad SMARTS) is 1. The van der Waals surface area contributed by atoms with Crippen LogP contribution in [0, 0.1) is 64.1 Å². The van der Waals surface area contributed by atoms with Gasteiger partial charge in [-0.25, -0.2) is 0 Å². The number of fused-ring (bicyclic) bond motifs is 13. The number of para-hydroxylation sites is 2. The number of aliphatic hydroxyl groups is 3. The maximum Gasteiger partial charge on any atom is 0.303 e. The van der Waals surface area contributed by atoms with Crippen LogP contribution in [-0.4, -0.2) is 104 Å². The molecular formula is C62H78N4O5. The van der Waals surface area contributed by atoms with E-state index in [0.29, 0.717) is 37.6 Å². The van der Waals surface area contributed by atoms with Gasteiger partial charge in [-0.3, -0.25) is 14.6 Å². The van der Waals surface area contributed by atoms with Crippen LogP contribution >= 0.6 is 0 Å². The van der Waals surface area contributed by atoms with Gasteiger partial charge in [-0.2, -0.15) is 0 Å². The quantitative estimate of drug-likeness (QED) is 0.218. The summed E-state index contributed by atoms with van der Waals surface area (Å²) >= 11 is 0. The Morgan fingerprint density at radius 2 is 1.48 bits per heavy atom. The van der Waals surface area contributed by atoms with Crippen LogP contribution in [0.4, 0.5) is 11.4 Å². The Morgan fingerprint density at radius 3 is 2.24 bits per heavy atom. The predicted octanol–water partition coefficient (Wildman–Crippen LogP) is 9.19. The average molecular weight is 959 g/mol. The zero-order valence-corrected chi connectivity index (χ0v) is 42.9. The van der Waals surface area contributed by atoms with Crippen molar-refractivity contribution < 1.29 is 25.2 Å². The second kappa shape index (κ2) is 14.8. The lowest BCUT2D eigenvalue weighted by atomic mass is 9.35. The SMILES string of the molecule is C/C=C1\CN2CCC34c5ccccc5N5/C=C6/C7CC8N(CCC89c8ccccc8N(/C=C(/C1CC23C1CC(O)CC2CC(O)C3C8CCC(C(C)CCC(=O)O)C8(C)C(O)CC3C21C)C54)C69)C/C7=C/C. The minimum Gasteiger partial charge on any atom is -0.481 e. The van der Waals surface area contributed by atoms with Crippen LogP contribution < -0.4 is 9.80 Å². The molecule has 7 heterocycles. The minimum absolute atomic E-state index is 0.0397. The second-order valence-corrected chi connectivity index (χ2v) is 26.6. The number of carboxylic acids is 1. The molecule has 6 aliphatic carbocycles. The molecule has 20 atom stereocenters. The van der Waals surface area contributed by atoms with Gasteiger partial charge in [-0.1, -0.05) is 80.5 Å². The Labute approximate surface area is 421 Å². The third-order valence-electron chi connectivity index (χ3n) is 25.3. The molecule has 13 aliphatic rings. The fraction of sp³-hybridized carbons (Fsp3) is 0.661. The van der Waals surface area contributed by atoms with Gasteiger partial charge in [0.2, 0.25) is 0 Å². The van der Waals surface area contributed by atoms with Crippen molar-refractivity contribution in [2.75, 3.05) is 36.0 Å². The number of nitrogens with zero attached hydrogens (tertiary/aromatic N) is 4. The zero-order chi connectivity index (χ0) is 48.5. The molecule has 6 saturated carbocycles. The zero-order valence-electron chi connectivity index (χ0n) is 42.9. The van der Waals surface area contributed by atoms with Crippen molar-refractivity contribution in [3.63, 3.8) is 0 Å². The summed E-state index contributed by atoms with van der Waals surface area (Å²) in [4.78, 5) is 23.4. The summed E-state index contributed by atoms with van der Waals surface area (Å²) in [6, 6.07) is 20.0. The van der Waals surface area contributed by atoms with Gasteiger partial charge in [-0.05, 0) is 178 Å². The third-order valence-corrected chi connectivity index (χ3v) is 25.3. The van der Waals surface area contributed by atoms with Gasteiger partial charge < -0.3 is 30.2 Å². The van der Waals surface area contributed by atoms with E-state index in [4.69, 9.17) is 0 Å². The first-order valence-electron chi connectivity index (χ1n) is 28.5. The van der Waals surface area contributed by atoms with Crippen LogP contribution in [0.15, 0.2) is 95.4 Å². The Bertz CT molecular complexity index is 2770. The number of allylic oxidation sites excluding steroid dienone is 2. The normalized spacial score (nSPS) is 51.2. The highest BCUT2D eigenvalue weighted by Crippen LogP contribution is 2.78.